The first kappa shape index (κ1) is 16.4. The molecule has 1 aliphatic heterocycles. The van der Waals surface area contributed by atoms with Gasteiger partial charge in [-0.15, -0.1) is 0 Å². The Morgan fingerprint density at radius 1 is 1.29 bits per heavy atom. The Morgan fingerprint density at radius 3 is 2.54 bits per heavy atom. The van der Waals surface area contributed by atoms with E-state index in [-0.39, 0.29) is 23.2 Å². The van der Waals surface area contributed by atoms with Gasteiger partial charge in [0.1, 0.15) is 6.07 Å². The predicted octanol–water partition coefficient (Wildman–Crippen LogP) is 2.85. The minimum atomic E-state index is -0.957. The Morgan fingerprint density at radius 2 is 1.96 bits per heavy atom. The number of likely N-dealkylation sites (N-methyl/N-ethyl adjacent to an activating group) is 1. The first-order valence-corrected chi connectivity index (χ1v) is 8.44. The van der Waals surface area contributed by atoms with E-state index in [0.717, 1.165) is 12.0 Å². The summed E-state index contributed by atoms with van der Waals surface area (Å²) in [6.45, 7) is 7.12. The van der Waals surface area contributed by atoms with Gasteiger partial charge in [-0.2, -0.15) is 5.26 Å². The van der Waals surface area contributed by atoms with E-state index in [2.05, 4.69) is 0 Å². The second-order valence-corrected chi connectivity index (χ2v) is 6.98. The van der Waals surface area contributed by atoms with E-state index in [1.807, 2.05) is 62.1 Å². The van der Waals surface area contributed by atoms with Gasteiger partial charge in [-0.25, -0.2) is 0 Å². The summed E-state index contributed by atoms with van der Waals surface area (Å²) < 4.78 is 0. The molecule has 1 saturated heterocycles. The van der Waals surface area contributed by atoms with Crippen LogP contribution in [-0.4, -0.2) is 29.7 Å². The van der Waals surface area contributed by atoms with Gasteiger partial charge in [0.25, 0.3) is 0 Å². The molecule has 1 unspecified atom stereocenters. The number of ketones is 1. The lowest BCUT2D eigenvalue weighted by molar-refractivity contribution is -0.151. The molecule has 2 aliphatic rings. The number of hydrogen-bond acceptors (Lipinski definition) is 3. The normalized spacial score (nSPS) is 32.8. The molecule has 0 bridgehead atoms. The highest BCUT2D eigenvalue weighted by Crippen LogP contribution is 2.57. The molecule has 24 heavy (non-hydrogen) atoms. The molecule has 0 N–H and O–H groups in total. The Labute approximate surface area is 142 Å². The summed E-state index contributed by atoms with van der Waals surface area (Å²) in [6, 6.07) is 11.6. The number of nitriles is 1. The van der Waals surface area contributed by atoms with Crippen LogP contribution >= 0.6 is 0 Å². The number of likely N-dealkylation sites (tertiary alicyclic amines) is 1. The Kier molecular flexibility index (Phi) is 3.83. The van der Waals surface area contributed by atoms with Crippen molar-refractivity contribution in [2.75, 3.05) is 13.1 Å². The summed E-state index contributed by atoms with van der Waals surface area (Å²) in [7, 11) is 0. The van der Waals surface area contributed by atoms with Crippen molar-refractivity contribution in [3.63, 3.8) is 0 Å². The number of rotatable bonds is 2. The molecule has 0 radical (unpaired) electrons. The third-order valence-corrected chi connectivity index (χ3v) is 6.13. The van der Waals surface area contributed by atoms with E-state index in [9.17, 15) is 14.9 Å². The molecule has 0 spiro atoms. The molecule has 4 nitrogen and oxygen atoms in total. The van der Waals surface area contributed by atoms with Gasteiger partial charge in [0, 0.05) is 24.4 Å². The average molecular weight is 322 g/mol. The number of carbonyl (C=O) groups excluding carboxylic acids is 2. The standard InChI is InChI=1S/C20H22N2O2/c1-4-22-11-10-19(3)14(2)17(23)15(13-21)12-20(19,18(22)24)16-8-6-5-7-9-16/h5-9,12,14H,4,10-11H2,1-3H3/t14?,19-,20+/m0/s1. The zero-order valence-corrected chi connectivity index (χ0v) is 14.4. The lowest BCUT2D eigenvalue weighted by atomic mass is 9.48. The van der Waals surface area contributed by atoms with Crippen LogP contribution in [0.5, 0.6) is 0 Å². The highest BCUT2D eigenvalue weighted by atomic mass is 16.2. The van der Waals surface area contributed by atoms with Gasteiger partial charge in [0.05, 0.1) is 11.0 Å². The molecular formula is C20H22N2O2. The lowest BCUT2D eigenvalue weighted by Gasteiger charge is -2.56. The minimum Gasteiger partial charge on any atom is -0.342 e. The van der Waals surface area contributed by atoms with Crippen LogP contribution in [0.3, 0.4) is 0 Å². The van der Waals surface area contributed by atoms with Crippen molar-refractivity contribution in [3.05, 3.63) is 47.5 Å². The Balaban J connectivity index is 2.36. The van der Waals surface area contributed by atoms with Crippen LogP contribution in [0.4, 0.5) is 0 Å². The van der Waals surface area contributed by atoms with Crippen LogP contribution < -0.4 is 0 Å². The number of nitrogens with zero attached hydrogens (tertiary/aromatic N) is 2. The molecule has 1 heterocycles. The summed E-state index contributed by atoms with van der Waals surface area (Å²) in [5, 5.41) is 9.46. The van der Waals surface area contributed by atoms with Crippen LogP contribution in [0.2, 0.25) is 0 Å². The maximum Gasteiger partial charge on any atom is 0.237 e. The molecule has 1 aliphatic carbocycles. The van der Waals surface area contributed by atoms with Crippen LogP contribution in [-0.2, 0) is 15.0 Å². The smallest absolute Gasteiger partial charge is 0.237 e. The SMILES string of the molecule is CCN1CC[C@@]2(C)C(C)C(=O)C(C#N)=C[C@@]2(c2ccccc2)C1=O. The van der Waals surface area contributed by atoms with Gasteiger partial charge in [-0.1, -0.05) is 44.2 Å². The van der Waals surface area contributed by atoms with Crippen molar-refractivity contribution in [1.29, 1.82) is 5.26 Å². The highest BCUT2D eigenvalue weighted by molar-refractivity contribution is 6.06. The number of amides is 1. The van der Waals surface area contributed by atoms with Crippen molar-refractivity contribution in [1.82, 2.24) is 4.90 Å². The number of fused-ring (bicyclic) bond motifs is 1. The molecule has 1 amide bonds. The quantitative estimate of drug-likeness (QED) is 0.841. The van der Waals surface area contributed by atoms with E-state index in [1.54, 1.807) is 6.08 Å². The fourth-order valence-corrected chi connectivity index (χ4v) is 4.38. The zero-order valence-electron chi connectivity index (χ0n) is 14.4. The van der Waals surface area contributed by atoms with Gasteiger partial charge < -0.3 is 4.90 Å². The van der Waals surface area contributed by atoms with Gasteiger partial charge in [-0.3, -0.25) is 9.59 Å². The van der Waals surface area contributed by atoms with Crippen molar-refractivity contribution in [2.24, 2.45) is 11.3 Å². The third kappa shape index (κ3) is 1.91. The van der Waals surface area contributed by atoms with Gasteiger partial charge in [0.2, 0.25) is 5.91 Å². The Hall–Kier alpha value is -2.41. The van der Waals surface area contributed by atoms with Crippen LogP contribution in [0.15, 0.2) is 42.0 Å². The number of Topliss-reactive ketones (excluding diaryl/α,β-unsaturated/α-hetero) is 1. The van der Waals surface area contributed by atoms with Crippen LogP contribution in [0.25, 0.3) is 0 Å². The molecular weight excluding hydrogens is 300 g/mol. The van der Waals surface area contributed by atoms with Gasteiger partial charge in [0.15, 0.2) is 5.78 Å². The monoisotopic (exact) mass is 322 g/mol. The molecule has 0 aromatic heterocycles. The van der Waals surface area contributed by atoms with E-state index < -0.39 is 10.8 Å². The van der Waals surface area contributed by atoms with E-state index in [1.165, 1.54) is 0 Å². The molecule has 4 heteroatoms. The molecule has 124 valence electrons. The molecule has 3 rings (SSSR count). The summed E-state index contributed by atoms with van der Waals surface area (Å²) in [5.74, 6) is -0.526. The maximum absolute atomic E-state index is 13.5. The maximum atomic E-state index is 13.5. The number of carbonyl (C=O) groups is 2. The fraction of sp³-hybridized carbons (Fsp3) is 0.450. The minimum absolute atomic E-state index is 0.00273. The van der Waals surface area contributed by atoms with Crippen molar-refractivity contribution in [2.45, 2.75) is 32.6 Å². The number of allylic oxidation sites excluding steroid dienone is 1. The van der Waals surface area contributed by atoms with Crippen molar-refractivity contribution < 1.29 is 9.59 Å². The third-order valence-electron chi connectivity index (χ3n) is 6.13. The first-order valence-electron chi connectivity index (χ1n) is 8.44. The molecule has 1 aromatic carbocycles. The van der Waals surface area contributed by atoms with Crippen LogP contribution in [0.1, 0.15) is 32.8 Å². The fourth-order valence-electron chi connectivity index (χ4n) is 4.38. The first-order chi connectivity index (χ1) is 11.4. The predicted molar refractivity (Wildman–Crippen MR) is 91.0 cm³/mol. The van der Waals surface area contributed by atoms with Crippen molar-refractivity contribution in [3.8, 4) is 6.07 Å². The van der Waals surface area contributed by atoms with Crippen molar-refractivity contribution >= 4 is 11.7 Å². The largest absolute Gasteiger partial charge is 0.342 e. The Bertz CT molecular complexity index is 762. The lowest BCUT2D eigenvalue weighted by Crippen LogP contribution is -2.64. The van der Waals surface area contributed by atoms with Gasteiger partial charge >= 0.3 is 0 Å². The molecule has 3 atom stereocenters. The number of hydrogen-bond donors (Lipinski definition) is 0. The molecule has 1 fully saturated rings. The second-order valence-electron chi connectivity index (χ2n) is 6.98. The van der Waals surface area contributed by atoms with E-state index in [0.29, 0.717) is 13.1 Å². The van der Waals surface area contributed by atoms with Gasteiger partial charge in [-0.05, 0) is 25.0 Å². The number of piperidine rings is 1. The summed E-state index contributed by atoms with van der Waals surface area (Å²) >= 11 is 0. The topological polar surface area (TPSA) is 61.2 Å². The zero-order chi connectivity index (χ0) is 17.5. The van der Waals surface area contributed by atoms with E-state index in [4.69, 9.17) is 0 Å². The van der Waals surface area contributed by atoms with E-state index >= 15 is 0 Å². The number of benzene rings is 1. The molecule has 1 aromatic rings. The summed E-state index contributed by atoms with van der Waals surface area (Å²) in [4.78, 5) is 28.0. The summed E-state index contributed by atoms with van der Waals surface area (Å²) in [6.07, 6.45) is 2.39. The van der Waals surface area contributed by atoms with Crippen LogP contribution in [0, 0.1) is 22.7 Å². The summed E-state index contributed by atoms with van der Waals surface area (Å²) in [5.41, 5.74) is -0.520. The molecule has 0 saturated carbocycles. The second kappa shape index (κ2) is 5.59. The average Bonchev–Trinajstić information content (AvgIpc) is 2.61. The highest BCUT2D eigenvalue weighted by Gasteiger charge is 2.63.